The van der Waals surface area contributed by atoms with Crippen LogP contribution in [0.4, 0.5) is 13.2 Å². The van der Waals surface area contributed by atoms with E-state index in [2.05, 4.69) is 31.9 Å². The molecular formula is C12H5Br2Cl2F3S. The van der Waals surface area contributed by atoms with Crippen molar-refractivity contribution in [2.24, 2.45) is 0 Å². The summed E-state index contributed by atoms with van der Waals surface area (Å²) in [5.74, 6) is 0. The predicted octanol–water partition coefficient (Wildman–Crippen LogP) is 7.27. The molecule has 8 heteroatoms. The lowest BCUT2D eigenvalue weighted by Gasteiger charge is -2.13. The molecule has 2 rings (SSSR count). The zero-order valence-electron chi connectivity index (χ0n) is 9.44. The van der Waals surface area contributed by atoms with Crippen LogP contribution in [0.25, 0.3) is 0 Å². The highest BCUT2D eigenvalue weighted by Crippen LogP contribution is 2.42. The molecule has 0 aliphatic carbocycles. The maximum absolute atomic E-state index is 12.9. The first-order chi connectivity index (χ1) is 9.20. The second kappa shape index (κ2) is 6.16. The standard InChI is InChI=1S/C12H5Br2Cl2F3S/c13-7-2-1-5(3-6(7)12(17,18)19)10(15)9-4-8(14)11(16)20-9/h1-4,10H. The number of alkyl halides is 4. The summed E-state index contributed by atoms with van der Waals surface area (Å²) in [4.78, 5) is 0.680. The average Bonchev–Trinajstić information content (AvgIpc) is 2.68. The van der Waals surface area contributed by atoms with Crippen molar-refractivity contribution in [3.05, 3.63) is 53.6 Å². The molecule has 108 valence electrons. The molecule has 2 aromatic rings. The number of thiophene rings is 1. The number of benzene rings is 1. The summed E-state index contributed by atoms with van der Waals surface area (Å²) in [5, 5.41) is -0.682. The lowest BCUT2D eigenvalue weighted by molar-refractivity contribution is -0.138. The SMILES string of the molecule is FC(F)(F)c1cc(C(Cl)c2cc(Br)c(Cl)s2)ccc1Br. The molecule has 1 unspecified atom stereocenters. The highest BCUT2D eigenvalue weighted by molar-refractivity contribution is 9.10. The molecule has 1 heterocycles. The van der Waals surface area contributed by atoms with Gasteiger partial charge < -0.3 is 0 Å². The lowest BCUT2D eigenvalue weighted by atomic mass is 10.1. The van der Waals surface area contributed by atoms with Crippen LogP contribution in [-0.2, 0) is 6.18 Å². The van der Waals surface area contributed by atoms with Gasteiger partial charge in [0.25, 0.3) is 0 Å². The number of hydrogen-bond donors (Lipinski definition) is 0. The van der Waals surface area contributed by atoms with Crippen molar-refractivity contribution >= 4 is 66.4 Å². The van der Waals surface area contributed by atoms with Crippen molar-refractivity contribution in [2.45, 2.75) is 11.6 Å². The molecule has 0 bridgehead atoms. The van der Waals surface area contributed by atoms with Gasteiger partial charge in [-0.2, -0.15) is 13.2 Å². The average molecular weight is 469 g/mol. The predicted molar refractivity (Wildman–Crippen MR) is 83.9 cm³/mol. The van der Waals surface area contributed by atoms with Gasteiger partial charge in [-0.3, -0.25) is 0 Å². The molecule has 0 N–H and O–H groups in total. The van der Waals surface area contributed by atoms with Gasteiger partial charge in [0.05, 0.1) is 10.9 Å². The van der Waals surface area contributed by atoms with Crippen LogP contribution < -0.4 is 0 Å². The van der Waals surface area contributed by atoms with Gasteiger partial charge in [-0.05, 0) is 39.7 Å². The molecule has 0 nitrogen and oxygen atoms in total. The topological polar surface area (TPSA) is 0 Å². The molecule has 0 amide bonds. The minimum Gasteiger partial charge on any atom is -0.166 e. The molecule has 0 fully saturated rings. The summed E-state index contributed by atoms with van der Waals surface area (Å²) in [7, 11) is 0. The first kappa shape index (κ1) is 16.6. The van der Waals surface area contributed by atoms with Gasteiger partial charge in [0.1, 0.15) is 4.34 Å². The van der Waals surface area contributed by atoms with Crippen molar-refractivity contribution < 1.29 is 13.2 Å². The molecule has 0 saturated heterocycles. The fourth-order valence-corrected chi connectivity index (χ4v) is 4.12. The summed E-state index contributed by atoms with van der Waals surface area (Å²) in [6, 6.07) is 5.65. The van der Waals surface area contributed by atoms with Crippen LogP contribution in [0.5, 0.6) is 0 Å². The molecule has 0 aliphatic rings. The van der Waals surface area contributed by atoms with Crippen molar-refractivity contribution in [3.63, 3.8) is 0 Å². The highest BCUT2D eigenvalue weighted by Gasteiger charge is 2.33. The zero-order valence-corrected chi connectivity index (χ0v) is 14.9. The molecule has 1 atom stereocenters. The summed E-state index contributed by atoms with van der Waals surface area (Å²) >= 11 is 19.5. The molecule has 0 spiro atoms. The van der Waals surface area contributed by atoms with Gasteiger partial charge in [-0.25, -0.2) is 0 Å². The number of rotatable bonds is 2. The molecule has 0 radical (unpaired) electrons. The Labute approximate surface area is 144 Å². The Morgan fingerprint density at radius 1 is 1.10 bits per heavy atom. The Morgan fingerprint density at radius 3 is 2.25 bits per heavy atom. The van der Waals surface area contributed by atoms with E-state index in [0.29, 0.717) is 19.2 Å². The molecule has 0 aliphatic heterocycles. The third-order valence-corrected chi connectivity index (χ3v) is 6.35. The number of halogens is 7. The van der Waals surface area contributed by atoms with Crippen LogP contribution in [0.1, 0.15) is 21.4 Å². The molecule has 1 aromatic heterocycles. The minimum absolute atomic E-state index is 0.0111. The van der Waals surface area contributed by atoms with Crippen molar-refractivity contribution in [1.82, 2.24) is 0 Å². The number of hydrogen-bond acceptors (Lipinski definition) is 1. The highest BCUT2D eigenvalue weighted by atomic mass is 79.9. The van der Waals surface area contributed by atoms with Crippen LogP contribution in [0.3, 0.4) is 0 Å². The Kier molecular flexibility index (Phi) is 5.12. The van der Waals surface area contributed by atoms with E-state index in [9.17, 15) is 13.2 Å². The third-order valence-electron chi connectivity index (χ3n) is 2.50. The van der Waals surface area contributed by atoms with Crippen LogP contribution in [0, 0.1) is 0 Å². The van der Waals surface area contributed by atoms with Gasteiger partial charge in [0, 0.05) is 13.8 Å². The van der Waals surface area contributed by atoms with Crippen LogP contribution >= 0.6 is 66.4 Å². The molecular weight excluding hydrogens is 464 g/mol. The zero-order chi connectivity index (χ0) is 15.1. The summed E-state index contributed by atoms with van der Waals surface area (Å²) in [6.45, 7) is 0. The van der Waals surface area contributed by atoms with E-state index in [1.165, 1.54) is 17.4 Å². The monoisotopic (exact) mass is 466 g/mol. The van der Waals surface area contributed by atoms with Gasteiger partial charge in [-0.1, -0.05) is 33.6 Å². The van der Waals surface area contributed by atoms with E-state index in [0.717, 1.165) is 6.07 Å². The minimum atomic E-state index is -4.43. The lowest BCUT2D eigenvalue weighted by Crippen LogP contribution is -2.07. The van der Waals surface area contributed by atoms with E-state index in [-0.39, 0.29) is 4.47 Å². The van der Waals surface area contributed by atoms with Crippen molar-refractivity contribution in [1.29, 1.82) is 0 Å². The Balaban J connectivity index is 2.43. The largest absolute Gasteiger partial charge is 0.417 e. The third kappa shape index (κ3) is 3.53. The molecule has 1 aromatic carbocycles. The molecule has 20 heavy (non-hydrogen) atoms. The van der Waals surface area contributed by atoms with Crippen molar-refractivity contribution in [2.75, 3.05) is 0 Å². The van der Waals surface area contributed by atoms with E-state index in [1.54, 1.807) is 12.1 Å². The summed E-state index contributed by atoms with van der Waals surface area (Å²) in [6.07, 6.45) is -4.43. The maximum atomic E-state index is 12.9. The maximum Gasteiger partial charge on any atom is 0.417 e. The van der Waals surface area contributed by atoms with E-state index in [4.69, 9.17) is 23.2 Å². The van der Waals surface area contributed by atoms with Crippen molar-refractivity contribution in [3.8, 4) is 0 Å². The normalized spacial score (nSPS) is 13.6. The van der Waals surface area contributed by atoms with E-state index in [1.807, 2.05) is 0 Å². The van der Waals surface area contributed by atoms with Gasteiger partial charge in [0.15, 0.2) is 0 Å². The Bertz CT molecular complexity index is 621. The van der Waals surface area contributed by atoms with Gasteiger partial charge >= 0.3 is 6.18 Å². The van der Waals surface area contributed by atoms with Crippen LogP contribution in [0.2, 0.25) is 4.34 Å². The second-order valence-corrected chi connectivity index (χ2v) is 7.70. The first-order valence-electron chi connectivity index (χ1n) is 5.15. The van der Waals surface area contributed by atoms with Gasteiger partial charge in [0.2, 0.25) is 0 Å². The summed E-state index contributed by atoms with van der Waals surface area (Å²) < 4.78 is 39.8. The Hall–Kier alpha value is 0.250. The fourth-order valence-electron chi connectivity index (χ4n) is 1.57. The smallest absolute Gasteiger partial charge is 0.166 e. The van der Waals surface area contributed by atoms with Gasteiger partial charge in [-0.15, -0.1) is 22.9 Å². The Morgan fingerprint density at radius 2 is 1.75 bits per heavy atom. The summed E-state index contributed by atoms with van der Waals surface area (Å²) in [5.41, 5.74) is -0.380. The first-order valence-corrected chi connectivity index (χ1v) is 8.37. The van der Waals surface area contributed by atoms with E-state index < -0.39 is 17.1 Å². The quantitative estimate of drug-likeness (QED) is 0.406. The van der Waals surface area contributed by atoms with Crippen LogP contribution in [0.15, 0.2) is 33.2 Å². The van der Waals surface area contributed by atoms with E-state index >= 15 is 0 Å². The van der Waals surface area contributed by atoms with Crippen LogP contribution in [-0.4, -0.2) is 0 Å². The molecule has 0 saturated carbocycles. The second-order valence-electron chi connectivity index (χ2n) is 3.87. The fraction of sp³-hybridized carbons (Fsp3) is 0.167.